The number of carbonyl (C=O) groups is 1. The van der Waals surface area contributed by atoms with Gasteiger partial charge in [-0.25, -0.2) is 4.39 Å². The number of carbonyl (C=O) groups excluding carboxylic acids is 1. The topological polar surface area (TPSA) is 49.3 Å². The Morgan fingerprint density at radius 1 is 1.42 bits per heavy atom. The zero-order valence-corrected chi connectivity index (χ0v) is 12.8. The van der Waals surface area contributed by atoms with Crippen LogP contribution in [-0.4, -0.2) is 24.2 Å². The highest BCUT2D eigenvalue weighted by molar-refractivity contribution is 9.10. The molecule has 0 heterocycles. The van der Waals surface area contributed by atoms with Crippen molar-refractivity contribution in [3.8, 4) is 0 Å². The molecule has 0 aliphatic heterocycles. The zero-order chi connectivity index (χ0) is 14.5. The molecule has 0 aromatic heterocycles. The minimum Gasteiger partial charge on any atom is -0.396 e. The number of nitrogens with one attached hydrogen (secondary N) is 1. The van der Waals surface area contributed by atoms with Gasteiger partial charge in [-0.05, 0) is 47.0 Å². The van der Waals surface area contributed by atoms with Gasteiger partial charge in [-0.1, -0.05) is 13.8 Å². The lowest BCUT2D eigenvalue weighted by atomic mass is 9.83. The van der Waals surface area contributed by atoms with E-state index in [1.807, 2.05) is 13.8 Å². The van der Waals surface area contributed by atoms with Gasteiger partial charge in [0.05, 0.1) is 11.1 Å². The molecule has 2 N–H and O–H groups in total. The van der Waals surface area contributed by atoms with E-state index in [1.54, 1.807) is 0 Å². The lowest BCUT2D eigenvalue weighted by molar-refractivity contribution is 0.0851. The fraction of sp³-hybridized carbons (Fsp3) is 0.500. The molecule has 0 fully saturated rings. The van der Waals surface area contributed by atoms with Gasteiger partial charge in [-0.3, -0.25) is 4.79 Å². The summed E-state index contributed by atoms with van der Waals surface area (Å²) in [6, 6.07) is 4.13. The van der Waals surface area contributed by atoms with Gasteiger partial charge >= 0.3 is 0 Å². The van der Waals surface area contributed by atoms with Crippen molar-refractivity contribution in [1.82, 2.24) is 5.32 Å². The number of hydrogen-bond donors (Lipinski definition) is 2. The van der Waals surface area contributed by atoms with Crippen LogP contribution < -0.4 is 5.32 Å². The number of amides is 1. The summed E-state index contributed by atoms with van der Waals surface area (Å²) in [6.07, 6.45) is 1.57. The first kappa shape index (κ1) is 16.1. The molecule has 19 heavy (non-hydrogen) atoms. The van der Waals surface area contributed by atoms with Gasteiger partial charge in [0.25, 0.3) is 5.91 Å². The quantitative estimate of drug-likeness (QED) is 0.841. The molecule has 1 aromatic rings. The standard InChI is InChI=1S/C14H19BrFNO2/c1-3-14(4-2,9-18)8-17-13(19)10-5-6-12(16)11(15)7-10/h5-7,18H,3-4,8-9H2,1-2H3,(H,17,19). The second kappa shape index (κ2) is 7.01. The molecule has 1 rings (SSSR count). The maximum atomic E-state index is 13.1. The van der Waals surface area contributed by atoms with Gasteiger partial charge in [0, 0.05) is 17.5 Å². The lowest BCUT2D eigenvalue weighted by Crippen LogP contribution is -2.39. The van der Waals surface area contributed by atoms with Gasteiger partial charge in [0.15, 0.2) is 0 Å². The minimum absolute atomic E-state index is 0.0351. The number of rotatable bonds is 6. The molecule has 0 saturated carbocycles. The van der Waals surface area contributed by atoms with Crippen LogP contribution in [0.4, 0.5) is 4.39 Å². The minimum atomic E-state index is -0.400. The van der Waals surface area contributed by atoms with Crippen LogP contribution in [0.5, 0.6) is 0 Å². The van der Waals surface area contributed by atoms with Crippen LogP contribution in [0.15, 0.2) is 22.7 Å². The summed E-state index contributed by atoms with van der Waals surface area (Å²) in [5.74, 6) is -0.663. The van der Waals surface area contributed by atoms with Crippen molar-refractivity contribution in [2.24, 2.45) is 5.41 Å². The number of aliphatic hydroxyl groups excluding tert-OH is 1. The van der Waals surface area contributed by atoms with E-state index in [0.717, 1.165) is 12.8 Å². The molecule has 0 aliphatic carbocycles. The zero-order valence-electron chi connectivity index (χ0n) is 11.2. The second-order valence-electron chi connectivity index (χ2n) is 4.68. The summed E-state index contributed by atoms with van der Waals surface area (Å²) in [6.45, 7) is 4.42. The van der Waals surface area contributed by atoms with E-state index in [4.69, 9.17) is 0 Å². The predicted octanol–water partition coefficient (Wildman–Crippen LogP) is 3.12. The molecular formula is C14H19BrFNO2. The maximum absolute atomic E-state index is 13.1. The van der Waals surface area contributed by atoms with Crippen LogP contribution in [0.1, 0.15) is 37.0 Å². The van der Waals surface area contributed by atoms with Crippen molar-refractivity contribution in [2.75, 3.05) is 13.2 Å². The first-order valence-corrected chi connectivity index (χ1v) is 7.11. The Morgan fingerprint density at radius 2 is 2.05 bits per heavy atom. The Kier molecular flexibility index (Phi) is 5.94. The van der Waals surface area contributed by atoms with E-state index in [9.17, 15) is 14.3 Å². The van der Waals surface area contributed by atoms with Crippen molar-refractivity contribution in [3.05, 3.63) is 34.1 Å². The molecule has 0 atom stereocenters. The highest BCUT2D eigenvalue weighted by atomic mass is 79.9. The van der Waals surface area contributed by atoms with Gasteiger partial charge in [0.1, 0.15) is 5.82 Å². The maximum Gasteiger partial charge on any atom is 0.251 e. The molecule has 106 valence electrons. The Hall–Kier alpha value is -0.940. The molecule has 3 nitrogen and oxygen atoms in total. The van der Waals surface area contributed by atoms with Gasteiger partial charge in [-0.15, -0.1) is 0 Å². The molecule has 0 radical (unpaired) electrons. The fourth-order valence-corrected chi connectivity index (χ4v) is 2.17. The summed E-state index contributed by atoms with van der Waals surface area (Å²) in [5, 5.41) is 12.2. The molecule has 1 amide bonds. The highest BCUT2D eigenvalue weighted by Gasteiger charge is 2.26. The molecule has 5 heteroatoms. The van der Waals surface area contributed by atoms with E-state index >= 15 is 0 Å². The third-order valence-electron chi connectivity index (χ3n) is 3.64. The smallest absolute Gasteiger partial charge is 0.251 e. The normalized spacial score (nSPS) is 11.4. The van der Waals surface area contributed by atoms with Gasteiger partial charge in [0.2, 0.25) is 0 Å². The van der Waals surface area contributed by atoms with Crippen LogP contribution in [-0.2, 0) is 0 Å². The average molecular weight is 332 g/mol. The first-order chi connectivity index (χ1) is 8.98. The van der Waals surface area contributed by atoms with Crippen LogP contribution in [0, 0.1) is 11.2 Å². The van der Waals surface area contributed by atoms with Crippen molar-refractivity contribution in [2.45, 2.75) is 26.7 Å². The van der Waals surface area contributed by atoms with Crippen molar-refractivity contribution in [1.29, 1.82) is 0 Å². The average Bonchev–Trinajstić information content (AvgIpc) is 2.43. The lowest BCUT2D eigenvalue weighted by Gasteiger charge is -2.29. The van der Waals surface area contributed by atoms with Crippen LogP contribution in [0.3, 0.4) is 0 Å². The summed E-state index contributed by atoms with van der Waals surface area (Å²) in [4.78, 5) is 12.0. The predicted molar refractivity (Wildman–Crippen MR) is 76.5 cm³/mol. The monoisotopic (exact) mass is 331 g/mol. The van der Waals surface area contributed by atoms with E-state index < -0.39 is 5.82 Å². The summed E-state index contributed by atoms with van der Waals surface area (Å²) >= 11 is 3.05. The Labute approximate surface area is 121 Å². The molecule has 0 saturated heterocycles. The van der Waals surface area contributed by atoms with Crippen molar-refractivity contribution < 1.29 is 14.3 Å². The van der Waals surface area contributed by atoms with Gasteiger partial charge in [-0.2, -0.15) is 0 Å². The Bertz CT molecular complexity index is 439. The summed E-state index contributed by atoms with van der Waals surface area (Å²) in [7, 11) is 0. The van der Waals surface area contributed by atoms with Crippen molar-refractivity contribution in [3.63, 3.8) is 0 Å². The molecule has 0 unspecified atom stereocenters. The Morgan fingerprint density at radius 3 is 2.53 bits per heavy atom. The summed E-state index contributed by atoms with van der Waals surface area (Å²) < 4.78 is 13.4. The summed E-state index contributed by atoms with van der Waals surface area (Å²) in [5.41, 5.74) is 0.111. The van der Waals surface area contributed by atoms with E-state index in [2.05, 4.69) is 21.2 Å². The highest BCUT2D eigenvalue weighted by Crippen LogP contribution is 2.24. The van der Waals surface area contributed by atoms with E-state index in [1.165, 1.54) is 18.2 Å². The first-order valence-electron chi connectivity index (χ1n) is 6.32. The Balaban J connectivity index is 2.72. The van der Waals surface area contributed by atoms with E-state index in [-0.39, 0.29) is 22.4 Å². The molecule has 0 bridgehead atoms. The third kappa shape index (κ3) is 4.01. The van der Waals surface area contributed by atoms with Crippen LogP contribution in [0.2, 0.25) is 0 Å². The van der Waals surface area contributed by atoms with Crippen LogP contribution in [0.25, 0.3) is 0 Å². The van der Waals surface area contributed by atoms with Crippen molar-refractivity contribution >= 4 is 21.8 Å². The molecule has 0 spiro atoms. The van der Waals surface area contributed by atoms with E-state index in [0.29, 0.717) is 12.1 Å². The largest absolute Gasteiger partial charge is 0.396 e. The second-order valence-corrected chi connectivity index (χ2v) is 5.53. The van der Waals surface area contributed by atoms with Crippen LogP contribution >= 0.6 is 15.9 Å². The number of benzene rings is 1. The fourth-order valence-electron chi connectivity index (χ4n) is 1.79. The third-order valence-corrected chi connectivity index (χ3v) is 4.25. The number of aliphatic hydroxyl groups is 1. The van der Waals surface area contributed by atoms with Gasteiger partial charge < -0.3 is 10.4 Å². The number of halogens is 2. The number of hydrogen-bond acceptors (Lipinski definition) is 2. The molecule has 1 aromatic carbocycles. The molecular weight excluding hydrogens is 313 g/mol. The molecule has 0 aliphatic rings. The SMILES string of the molecule is CCC(CC)(CO)CNC(=O)c1ccc(F)c(Br)c1.